The van der Waals surface area contributed by atoms with E-state index >= 15 is 0 Å². The second-order valence-electron chi connectivity index (χ2n) is 5.77. The van der Waals surface area contributed by atoms with Gasteiger partial charge in [-0.25, -0.2) is 0 Å². The summed E-state index contributed by atoms with van der Waals surface area (Å²) < 4.78 is 1.17. The molecule has 0 atom stereocenters. The first kappa shape index (κ1) is 18.8. The number of aromatic nitrogens is 2. The number of fused-ring (bicyclic) bond motifs is 1. The number of nitrogens with one attached hydrogen (secondary N) is 2. The Kier molecular flexibility index (Phi) is 5.76. The zero-order valence-electron chi connectivity index (χ0n) is 15.1. The molecule has 1 heterocycles. The van der Waals surface area contributed by atoms with E-state index in [0.717, 1.165) is 0 Å². The molecule has 1 aromatic heterocycles. The van der Waals surface area contributed by atoms with Crippen LogP contribution in [0.1, 0.15) is 17.4 Å². The highest BCUT2D eigenvalue weighted by molar-refractivity contribution is 6.05. The van der Waals surface area contributed by atoms with Gasteiger partial charge in [-0.05, 0) is 25.1 Å². The number of hydrogen-bond donors (Lipinski definition) is 2. The molecule has 0 saturated carbocycles. The Morgan fingerprint density at radius 3 is 2.32 bits per heavy atom. The van der Waals surface area contributed by atoms with Crippen molar-refractivity contribution in [3.63, 3.8) is 0 Å². The Morgan fingerprint density at radius 1 is 0.929 bits per heavy atom. The van der Waals surface area contributed by atoms with Crippen LogP contribution in [0.4, 0.5) is 0 Å². The number of allylic oxidation sites excluding steroid dienone is 3. The van der Waals surface area contributed by atoms with Crippen LogP contribution in [0.2, 0.25) is 0 Å². The van der Waals surface area contributed by atoms with Gasteiger partial charge in [-0.3, -0.25) is 25.2 Å². The molecule has 7 nitrogen and oxygen atoms in total. The van der Waals surface area contributed by atoms with E-state index in [0.29, 0.717) is 16.5 Å². The van der Waals surface area contributed by atoms with Crippen LogP contribution >= 0.6 is 0 Å². The van der Waals surface area contributed by atoms with Gasteiger partial charge in [0.1, 0.15) is 0 Å². The molecule has 0 fully saturated rings. The molecule has 3 aromatic rings. The summed E-state index contributed by atoms with van der Waals surface area (Å²) in [6.45, 7) is 1.82. The molecule has 0 saturated heterocycles. The maximum atomic E-state index is 12.8. The predicted molar refractivity (Wildman–Crippen MR) is 107 cm³/mol. The smallest absolute Gasteiger partial charge is 0.268 e. The van der Waals surface area contributed by atoms with Crippen LogP contribution in [0.5, 0.6) is 0 Å². The third kappa shape index (κ3) is 4.04. The fourth-order valence-corrected chi connectivity index (χ4v) is 2.57. The lowest BCUT2D eigenvalue weighted by Gasteiger charge is -2.11. The van der Waals surface area contributed by atoms with Gasteiger partial charge in [0.15, 0.2) is 5.69 Å². The van der Waals surface area contributed by atoms with E-state index < -0.39 is 11.8 Å². The van der Waals surface area contributed by atoms with Gasteiger partial charge in [-0.15, -0.1) is 0 Å². The zero-order valence-corrected chi connectivity index (χ0v) is 15.1. The SMILES string of the molecule is CC=CC=CC(=O)NNC(=O)c1nn(-c2ccccc2)c(=O)c2ccccc12. The van der Waals surface area contributed by atoms with Crippen LogP contribution in [-0.4, -0.2) is 21.6 Å². The molecule has 0 aliphatic rings. The minimum Gasteiger partial charge on any atom is -0.268 e. The molecule has 140 valence electrons. The van der Waals surface area contributed by atoms with E-state index in [1.807, 2.05) is 13.0 Å². The van der Waals surface area contributed by atoms with E-state index in [1.165, 1.54) is 10.8 Å². The summed E-state index contributed by atoms with van der Waals surface area (Å²) in [5.74, 6) is -1.12. The average Bonchev–Trinajstić information content (AvgIpc) is 2.73. The van der Waals surface area contributed by atoms with Crippen LogP contribution in [-0.2, 0) is 4.79 Å². The molecule has 2 amide bonds. The van der Waals surface area contributed by atoms with Crippen molar-refractivity contribution in [2.75, 3.05) is 0 Å². The molecule has 0 aliphatic heterocycles. The molecular formula is C21H18N4O3. The summed E-state index contributed by atoms with van der Waals surface area (Å²) >= 11 is 0. The third-order valence-corrected chi connectivity index (χ3v) is 3.87. The van der Waals surface area contributed by atoms with Gasteiger partial charge in [0.25, 0.3) is 17.4 Å². The van der Waals surface area contributed by atoms with Crippen molar-refractivity contribution >= 4 is 22.6 Å². The fraction of sp³-hybridized carbons (Fsp3) is 0.0476. The summed E-state index contributed by atoms with van der Waals surface area (Å²) in [6, 6.07) is 15.5. The predicted octanol–water partition coefficient (Wildman–Crippen LogP) is 2.28. The highest BCUT2D eigenvalue weighted by atomic mass is 16.2. The van der Waals surface area contributed by atoms with Crippen molar-refractivity contribution in [1.82, 2.24) is 20.6 Å². The number of rotatable bonds is 4. The molecule has 0 aliphatic carbocycles. The van der Waals surface area contributed by atoms with Crippen molar-refractivity contribution in [3.8, 4) is 5.69 Å². The number of carbonyl (C=O) groups excluding carboxylic acids is 2. The second-order valence-corrected chi connectivity index (χ2v) is 5.77. The number of nitrogens with zero attached hydrogens (tertiary/aromatic N) is 2. The molecule has 0 unspecified atom stereocenters. The molecule has 3 rings (SSSR count). The minimum absolute atomic E-state index is 0.0248. The monoisotopic (exact) mass is 374 g/mol. The summed E-state index contributed by atoms with van der Waals surface area (Å²) in [7, 11) is 0. The van der Waals surface area contributed by atoms with Gasteiger partial charge in [-0.1, -0.05) is 54.6 Å². The van der Waals surface area contributed by atoms with Gasteiger partial charge in [-0.2, -0.15) is 9.78 Å². The third-order valence-electron chi connectivity index (χ3n) is 3.87. The number of hydrogen-bond acceptors (Lipinski definition) is 4. The van der Waals surface area contributed by atoms with Crippen LogP contribution < -0.4 is 16.4 Å². The topological polar surface area (TPSA) is 93.1 Å². The quantitative estimate of drug-likeness (QED) is 0.416. The zero-order chi connectivity index (χ0) is 19.9. The first-order valence-corrected chi connectivity index (χ1v) is 8.59. The van der Waals surface area contributed by atoms with Gasteiger partial charge in [0, 0.05) is 11.5 Å². The van der Waals surface area contributed by atoms with E-state index in [1.54, 1.807) is 66.8 Å². The number of carbonyl (C=O) groups is 2. The maximum absolute atomic E-state index is 12.8. The standard InChI is InChI=1S/C21H18N4O3/c1-2-3-5-14-18(26)22-23-20(27)19-16-12-8-9-13-17(16)21(28)25(24-19)15-10-6-4-7-11-15/h2-14H,1H3,(H,22,26)(H,23,27). The maximum Gasteiger partial charge on any atom is 0.290 e. The molecule has 2 aromatic carbocycles. The summed E-state index contributed by atoms with van der Waals surface area (Å²) in [5, 5.41) is 4.99. The summed E-state index contributed by atoms with van der Waals surface area (Å²) in [4.78, 5) is 37.2. The van der Waals surface area contributed by atoms with E-state index in [4.69, 9.17) is 0 Å². The van der Waals surface area contributed by atoms with Crippen LogP contribution in [0.15, 0.2) is 83.7 Å². The molecule has 2 N–H and O–H groups in total. The van der Waals surface area contributed by atoms with Gasteiger partial charge >= 0.3 is 0 Å². The largest absolute Gasteiger partial charge is 0.290 e. The molecule has 0 bridgehead atoms. The second kappa shape index (κ2) is 8.59. The summed E-state index contributed by atoms with van der Waals surface area (Å²) in [6.07, 6.45) is 6.28. The number of amides is 2. The summed E-state index contributed by atoms with van der Waals surface area (Å²) in [5.41, 5.74) is 4.84. The van der Waals surface area contributed by atoms with E-state index in [9.17, 15) is 14.4 Å². The Balaban J connectivity index is 1.98. The average molecular weight is 374 g/mol. The molecule has 28 heavy (non-hydrogen) atoms. The number of benzene rings is 2. The van der Waals surface area contributed by atoms with Crippen molar-refractivity contribution in [1.29, 1.82) is 0 Å². The van der Waals surface area contributed by atoms with Crippen molar-refractivity contribution in [2.24, 2.45) is 0 Å². The van der Waals surface area contributed by atoms with Gasteiger partial charge < -0.3 is 0 Å². The first-order valence-electron chi connectivity index (χ1n) is 8.59. The van der Waals surface area contributed by atoms with Crippen molar-refractivity contribution in [3.05, 3.63) is 94.9 Å². The normalized spacial score (nSPS) is 11.2. The lowest BCUT2D eigenvalue weighted by atomic mass is 10.1. The Labute approximate surface area is 161 Å². The lowest BCUT2D eigenvalue weighted by Crippen LogP contribution is -2.42. The van der Waals surface area contributed by atoms with Gasteiger partial charge in [0.05, 0.1) is 11.1 Å². The molecule has 0 radical (unpaired) electrons. The fourth-order valence-electron chi connectivity index (χ4n) is 2.57. The Bertz CT molecular complexity index is 1130. The van der Waals surface area contributed by atoms with Crippen molar-refractivity contribution in [2.45, 2.75) is 6.92 Å². The van der Waals surface area contributed by atoms with Crippen LogP contribution in [0.3, 0.4) is 0 Å². The van der Waals surface area contributed by atoms with Crippen LogP contribution in [0, 0.1) is 0 Å². The molecular weight excluding hydrogens is 356 g/mol. The van der Waals surface area contributed by atoms with Gasteiger partial charge in [0.2, 0.25) is 0 Å². The lowest BCUT2D eigenvalue weighted by molar-refractivity contribution is -0.117. The number of para-hydroxylation sites is 1. The highest BCUT2D eigenvalue weighted by Gasteiger charge is 2.17. The molecule has 7 heteroatoms. The van der Waals surface area contributed by atoms with E-state index in [2.05, 4.69) is 16.0 Å². The van der Waals surface area contributed by atoms with Crippen LogP contribution in [0.25, 0.3) is 16.5 Å². The highest BCUT2D eigenvalue weighted by Crippen LogP contribution is 2.15. The molecule has 0 spiro atoms. The minimum atomic E-state index is -0.631. The first-order chi connectivity index (χ1) is 13.6. The van der Waals surface area contributed by atoms with Crippen molar-refractivity contribution < 1.29 is 9.59 Å². The van der Waals surface area contributed by atoms with E-state index in [-0.39, 0.29) is 11.3 Å². The Hall–Kier alpha value is -4.00. The Morgan fingerprint density at radius 2 is 1.61 bits per heavy atom. The number of hydrazine groups is 1.